The van der Waals surface area contributed by atoms with E-state index in [-0.39, 0.29) is 13.2 Å². The maximum atomic E-state index is 10.3. The molecule has 0 saturated heterocycles. The SMILES string of the molecule is C.CC(=O)C(O)C(C)N. The molecular formula is C6H15NO2. The van der Waals surface area contributed by atoms with Gasteiger partial charge in [-0.05, 0) is 13.8 Å². The first-order chi connectivity index (χ1) is 3.55. The summed E-state index contributed by atoms with van der Waals surface area (Å²) in [6.45, 7) is 2.90. The zero-order chi connectivity index (χ0) is 6.73. The van der Waals surface area contributed by atoms with E-state index in [0.29, 0.717) is 0 Å². The molecule has 0 aliphatic rings. The molecule has 0 aromatic rings. The molecule has 3 nitrogen and oxygen atoms in total. The summed E-state index contributed by atoms with van der Waals surface area (Å²) in [5, 5.41) is 8.73. The Labute approximate surface area is 55.9 Å². The molecule has 0 bridgehead atoms. The molecule has 0 saturated carbocycles. The van der Waals surface area contributed by atoms with E-state index in [1.54, 1.807) is 6.92 Å². The number of Topliss-reactive ketones (excluding diaryl/α,β-unsaturated/α-hetero) is 1. The van der Waals surface area contributed by atoms with Gasteiger partial charge < -0.3 is 10.8 Å². The highest BCUT2D eigenvalue weighted by atomic mass is 16.3. The largest absolute Gasteiger partial charge is 0.384 e. The summed E-state index contributed by atoms with van der Waals surface area (Å²) in [6, 6.07) is -0.451. The van der Waals surface area contributed by atoms with Crippen LogP contribution in [0.5, 0.6) is 0 Å². The third kappa shape index (κ3) is 4.12. The lowest BCUT2D eigenvalue weighted by Crippen LogP contribution is -2.36. The van der Waals surface area contributed by atoms with E-state index in [4.69, 9.17) is 10.8 Å². The monoisotopic (exact) mass is 133 g/mol. The Balaban J connectivity index is 0. The smallest absolute Gasteiger partial charge is 0.159 e. The fourth-order valence-corrected chi connectivity index (χ4v) is 0.370. The molecule has 0 heterocycles. The Morgan fingerprint density at radius 1 is 1.67 bits per heavy atom. The molecule has 0 aromatic carbocycles. The van der Waals surface area contributed by atoms with Crippen molar-refractivity contribution < 1.29 is 9.90 Å². The fraction of sp³-hybridized carbons (Fsp3) is 0.833. The number of hydrogen-bond acceptors (Lipinski definition) is 3. The number of aliphatic hydroxyl groups excluding tert-OH is 1. The van der Waals surface area contributed by atoms with Crippen LogP contribution in [0.1, 0.15) is 21.3 Å². The molecule has 3 N–H and O–H groups in total. The fourth-order valence-electron chi connectivity index (χ4n) is 0.370. The molecule has 0 amide bonds. The normalized spacial score (nSPS) is 15.6. The van der Waals surface area contributed by atoms with Crippen molar-refractivity contribution in [2.24, 2.45) is 5.73 Å². The van der Waals surface area contributed by atoms with E-state index in [1.165, 1.54) is 6.92 Å². The second kappa shape index (κ2) is 4.47. The summed E-state index contributed by atoms with van der Waals surface area (Å²) in [6.07, 6.45) is -0.991. The van der Waals surface area contributed by atoms with Gasteiger partial charge in [-0.3, -0.25) is 4.79 Å². The van der Waals surface area contributed by atoms with Gasteiger partial charge in [0.05, 0.1) is 0 Å². The molecule has 2 atom stereocenters. The lowest BCUT2D eigenvalue weighted by atomic mass is 10.1. The van der Waals surface area contributed by atoms with Crippen LogP contribution in [-0.4, -0.2) is 23.0 Å². The van der Waals surface area contributed by atoms with E-state index < -0.39 is 12.1 Å². The molecule has 0 spiro atoms. The number of carbonyl (C=O) groups excluding carboxylic acids is 1. The number of hydrogen-bond donors (Lipinski definition) is 2. The number of ketones is 1. The van der Waals surface area contributed by atoms with E-state index in [2.05, 4.69) is 0 Å². The summed E-state index contributed by atoms with van der Waals surface area (Å²) in [4.78, 5) is 10.3. The lowest BCUT2D eigenvalue weighted by molar-refractivity contribution is -0.125. The van der Waals surface area contributed by atoms with Crippen LogP contribution in [0.15, 0.2) is 0 Å². The zero-order valence-corrected chi connectivity index (χ0v) is 5.09. The Morgan fingerprint density at radius 3 is 2.00 bits per heavy atom. The topological polar surface area (TPSA) is 63.3 Å². The van der Waals surface area contributed by atoms with Gasteiger partial charge in [-0.1, -0.05) is 7.43 Å². The lowest BCUT2D eigenvalue weighted by Gasteiger charge is -2.08. The Hall–Kier alpha value is -0.410. The molecule has 56 valence electrons. The van der Waals surface area contributed by atoms with E-state index >= 15 is 0 Å². The van der Waals surface area contributed by atoms with Gasteiger partial charge in [0.2, 0.25) is 0 Å². The van der Waals surface area contributed by atoms with Crippen molar-refractivity contribution in [1.29, 1.82) is 0 Å². The average molecular weight is 133 g/mol. The highest BCUT2D eigenvalue weighted by Gasteiger charge is 2.13. The number of aliphatic hydroxyl groups is 1. The van der Waals surface area contributed by atoms with Crippen molar-refractivity contribution in [3.63, 3.8) is 0 Å². The first kappa shape index (κ1) is 11.4. The summed E-state index contributed by atoms with van der Waals surface area (Å²) in [5.41, 5.74) is 5.17. The molecule has 0 aliphatic carbocycles. The summed E-state index contributed by atoms with van der Waals surface area (Å²) < 4.78 is 0. The van der Waals surface area contributed by atoms with E-state index in [0.717, 1.165) is 0 Å². The van der Waals surface area contributed by atoms with Gasteiger partial charge in [-0.15, -0.1) is 0 Å². The minimum absolute atomic E-state index is 0. The van der Waals surface area contributed by atoms with Crippen LogP contribution in [0, 0.1) is 0 Å². The molecule has 3 heteroatoms. The van der Waals surface area contributed by atoms with Crippen LogP contribution in [-0.2, 0) is 4.79 Å². The van der Waals surface area contributed by atoms with Gasteiger partial charge >= 0.3 is 0 Å². The van der Waals surface area contributed by atoms with Crippen molar-refractivity contribution in [3.8, 4) is 0 Å². The van der Waals surface area contributed by atoms with Crippen LogP contribution in [0.2, 0.25) is 0 Å². The van der Waals surface area contributed by atoms with Crippen LogP contribution >= 0.6 is 0 Å². The highest BCUT2D eigenvalue weighted by molar-refractivity contribution is 5.80. The van der Waals surface area contributed by atoms with Crippen molar-refractivity contribution in [3.05, 3.63) is 0 Å². The van der Waals surface area contributed by atoms with Crippen LogP contribution in [0.4, 0.5) is 0 Å². The second-order valence-electron chi connectivity index (χ2n) is 1.91. The van der Waals surface area contributed by atoms with Gasteiger partial charge in [0.25, 0.3) is 0 Å². The number of carbonyl (C=O) groups is 1. The molecule has 0 aromatic heterocycles. The van der Waals surface area contributed by atoms with E-state index in [9.17, 15) is 4.79 Å². The van der Waals surface area contributed by atoms with Gasteiger partial charge in [0, 0.05) is 6.04 Å². The van der Waals surface area contributed by atoms with Crippen molar-refractivity contribution in [1.82, 2.24) is 0 Å². The number of rotatable bonds is 2. The molecular weight excluding hydrogens is 118 g/mol. The first-order valence-electron chi connectivity index (χ1n) is 2.50. The molecule has 0 radical (unpaired) electrons. The van der Waals surface area contributed by atoms with Gasteiger partial charge in [0.15, 0.2) is 5.78 Å². The van der Waals surface area contributed by atoms with Crippen LogP contribution < -0.4 is 5.73 Å². The molecule has 0 rings (SSSR count). The van der Waals surface area contributed by atoms with Crippen molar-refractivity contribution >= 4 is 5.78 Å². The summed E-state index contributed by atoms with van der Waals surface area (Å²) in [5.74, 6) is -0.278. The quantitative estimate of drug-likeness (QED) is 0.553. The van der Waals surface area contributed by atoms with Crippen molar-refractivity contribution in [2.45, 2.75) is 33.4 Å². The van der Waals surface area contributed by atoms with Gasteiger partial charge in [-0.2, -0.15) is 0 Å². The van der Waals surface area contributed by atoms with Gasteiger partial charge in [-0.25, -0.2) is 0 Å². The maximum Gasteiger partial charge on any atom is 0.159 e. The second-order valence-corrected chi connectivity index (χ2v) is 1.91. The average Bonchev–Trinajstić information content (AvgIpc) is 1.64. The maximum absolute atomic E-state index is 10.3. The third-order valence-corrected chi connectivity index (χ3v) is 0.915. The minimum atomic E-state index is -0.991. The Morgan fingerprint density at radius 2 is 2.00 bits per heavy atom. The standard InChI is InChI=1S/C5H11NO2.CH4/c1-3(6)5(8)4(2)7;/h3,5,8H,6H2,1-2H3;1H4. The van der Waals surface area contributed by atoms with Crippen LogP contribution in [0.3, 0.4) is 0 Å². The Bertz CT molecular complexity index is 91.1. The third-order valence-electron chi connectivity index (χ3n) is 0.915. The van der Waals surface area contributed by atoms with Crippen molar-refractivity contribution in [2.75, 3.05) is 0 Å². The van der Waals surface area contributed by atoms with Crippen LogP contribution in [0.25, 0.3) is 0 Å². The summed E-state index contributed by atoms with van der Waals surface area (Å²) >= 11 is 0. The molecule has 2 unspecified atom stereocenters. The van der Waals surface area contributed by atoms with E-state index in [1.807, 2.05) is 0 Å². The predicted octanol–water partition coefficient (Wildman–Crippen LogP) is -0.0804. The molecule has 0 fully saturated rings. The predicted molar refractivity (Wildman–Crippen MR) is 37.1 cm³/mol. The first-order valence-corrected chi connectivity index (χ1v) is 2.50. The number of nitrogens with two attached hydrogens (primary N) is 1. The Kier molecular flexibility index (Phi) is 5.66. The zero-order valence-electron chi connectivity index (χ0n) is 5.09. The summed E-state index contributed by atoms with van der Waals surface area (Å²) in [7, 11) is 0. The molecule has 0 aliphatic heterocycles. The molecule has 9 heavy (non-hydrogen) atoms. The minimum Gasteiger partial charge on any atom is -0.384 e. The van der Waals surface area contributed by atoms with Gasteiger partial charge in [0.1, 0.15) is 6.10 Å². The highest BCUT2D eigenvalue weighted by Crippen LogP contribution is 1.88.